The molecule has 0 spiro atoms. The largest absolute Gasteiger partial charge is 0.339 e. The molecule has 4 rings (SSSR count). The Bertz CT molecular complexity index is 975. The van der Waals surface area contributed by atoms with Gasteiger partial charge in [0, 0.05) is 30.6 Å². The molecule has 25 heavy (non-hydrogen) atoms. The minimum absolute atomic E-state index is 0.0356. The summed E-state index contributed by atoms with van der Waals surface area (Å²) in [5, 5.41) is 10.7. The van der Waals surface area contributed by atoms with Gasteiger partial charge in [0.1, 0.15) is 5.69 Å². The second kappa shape index (κ2) is 6.21. The van der Waals surface area contributed by atoms with Crippen molar-refractivity contribution in [1.82, 2.24) is 14.9 Å². The molecule has 0 unspecified atom stereocenters. The fraction of sp³-hybridized carbons (Fsp3) is 0.176. The van der Waals surface area contributed by atoms with Crippen molar-refractivity contribution in [2.75, 3.05) is 13.6 Å². The first-order valence-electron chi connectivity index (χ1n) is 7.67. The molecule has 3 heterocycles. The second-order valence-electron chi connectivity index (χ2n) is 5.76. The summed E-state index contributed by atoms with van der Waals surface area (Å²) in [6, 6.07) is 8.98. The van der Waals surface area contributed by atoms with Crippen molar-refractivity contribution in [1.29, 1.82) is 0 Å². The van der Waals surface area contributed by atoms with Gasteiger partial charge in [-0.2, -0.15) is 0 Å². The van der Waals surface area contributed by atoms with E-state index in [4.69, 9.17) is 5.21 Å². The van der Waals surface area contributed by atoms with Gasteiger partial charge >= 0.3 is 0 Å². The van der Waals surface area contributed by atoms with Crippen LogP contribution in [0.1, 0.15) is 20.8 Å². The summed E-state index contributed by atoms with van der Waals surface area (Å²) in [6.07, 6.45) is 0. The van der Waals surface area contributed by atoms with E-state index in [1.54, 1.807) is 33.8 Å². The van der Waals surface area contributed by atoms with E-state index in [-0.39, 0.29) is 5.91 Å². The smallest absolute Gasteiger partial charge is 0.274 e. The minimum atomic E-state index is -0.546. The van der Waals surface area contributed by atoms with Crippen molar-refractivity contribution in [3.63, 3.8) is 0 Å². The second-order valence-corrected chi connectivity index (χ2v) is 7.76. The SMILES string of the molecule is CN1CCn2c(c(Sc3ccc(C(=O)NO)cc3)c3sccc32)C1=O. The monoisotopic (exact) mass is 373 g/mol. The van der Waals surface area contributed by atoms with Crippen LogP contribution in [0.5, 0.6) is 0 Å². The van der Waals surface area contributed by atoms with Crippen molar-refractivity contribution in [3.8, 4) is 0 Å². The van der Waals surface area contributed by atoms with Crippen molar-refractivity contribution in [2.24, 2.45) is 0 Å². The van der Waals surface area contributed by atoms with E-state index in [0.29, 0.717) is 12.1 Å². The van der Waals surface area contributed by atoms with Gasteiger partial charge in [-0.3, -0.25) is 14.8 Å². The van der Waals surface area contributed by atoms with Crippen LogP contribution in [0.15, 0.2) is 45.5 Å². The number of carbonyl (C=O) groups is 2. The molecule has 6 nitrogen and oxygen atoms in total. The standard InChI is InChI=1S/C17H15N3O3S2/c1-19-7-8-20-12-6-9-24-14(12)15(13(20)17(19)22)25-11-4-2-10(3-5-11)16(21)18-23/h2-6,9,23H,7-8H2,1H3,(H,18,21). The summed E-state index contributed by atoms with van der Waals surface area (Å²) < 4.78 is 3.21. The van der Waals surface area contributed by atoms with Crippen LogP contribution in [0.2, 0.25) is 0 Å². The molecule has 3 aromatic rings. The minimum Gasteiger partial charge on any atom is -0.339 e. The topological polar surface area (TPSA) is 74.6 Å². The first-order chi connectivity index (χ1) is 12.1. The van der Waals surface area contributed by atoms with Crippen LogP contribution in [-0.4, -0.2) is 40.1 Å². The molecule has 1 aliphatic heterocycles. The quantitative estimate of drug-likeness (QED) is 0.547. The number of rotatable bonds is 3. The Labute approximate surface area is 152 Å². The summed E-state index contributed by atoms with van der Waals surface area (Å²) in [5.74, 6) is -0.510. The number of nitrogens with zero attached hydrogens (tertiary/aromatic N) is 2. The Kier molecular flexibility index (Phi) is 4.03. The van der Waals surface area contributed by atoms with Crippen LogP contribution in [0.3, 0.4) is 0 Å². The number of fused-ring (bicyclic) bond motifs is 3. The summed E-state index contributed by atoms with van der Waals surface area (Å²) in [4.78, 5) is 27.8. The van der Waals surface area contributed by atoms with Crippen LogP contribution < -0.4 is 5.48 Å². The molecular weight excluding hydrogens is 358 g/mol. The first kappa shape index (κ1) is 16.2. The molecule has 0 fully saturated rings. The summed E-state index contributed by atoms with van der Waals surface area (Å²) in [6.45, 7) is 1.50. The Balaban J connectivity index is 1.76. The van der Waals surface area contributed by atoms with Crippen molar-refractivity contribution in [3.05, 3.63) is 47.0 Å². The van der Waals surface area contributed by atoms with E-state index in [1.165, 1.54) is 11.8 Å². The zero-order valence-corrected chi connectivity index (χ0v) is 15.0. The maximum Gasteiger partial charge on any atom is 0.274 e. The highest BCUT2D eigenvalue weighted by Gasteiger charge is 2.29. The molecule has 1 aliphatic rings. The average Bonchev–Trinajstić information content (AvgIpc) is 3.21. The van der Waals surface area contributed by atoms with Crippen LogP contribution in [0.25, 0.3) is 10.2 Å². The number of carbonyl (C=O) groups excluding carboxylic acids is 2. The van der Waals surface area contributed by atoms with Crippen molar-refractivity contribution >= 4 is 45.1 Å². The fourth-order valence-corrected chi connectivity index (χ4v) is 5.07. The van der Waals surface area contributed by atoms with Crippen molar-refractivity contribution in [2.45, 2.75) is 16.3 Å². The molecule has 8 heteroatoms. The fourth-order valence-electron chi connectivity index (χ4n) is 2.96. The van der Waals surface area contributed by atoms with Gasteiger partial charge in [-0.25, -0.2) is 5.48 Å². The number of hydroxylamine groups is 1. The molecular formula is C17H15N3O3S2. The van der Waals surface area contributed by atoms with Crippen LogP contribution >= 0.6 is 23.1 Å². The molecule has 2 aromatic heterocycles. The molecule has 128 valence electrons. The number of amides is 2. The number of benzene rings is 1. The van der Waals surface area contributed by atoms with Gasteiger partial charge < -0.3 is 9.47 Å². The lowest BCUT2D eigenvalue weighted by atomic mass is 10.2. The predicted octanol–water partition coefficient (Wildman–Crippen LogP) is 3.06. The number of nitrogens with one attached hydrogen (secondary N) is 1. The average molecular weight is 373 g/mol. The number of hydrogen-bond donors (Lipinski definition) is 2. The molecule has 2 amide bonds. The Morgan fingerprint density at radius 2 is 2.00 bits per heavy atom. The number of likely N-dealkylation sites (N-methyl/N-ethyl adjacent to an activating group) is 1. The van der Waals surface area contributed by atoms with Crippen LogP contribution in [-0.2, 0) is 6.54 Å². The third-order valence-corrected chi connectivity index (χ3v) is 6.43. The van der Waals surface area contributed by atoms with Gasteiger partial charge in [-0.1, -0.05) is 11.8 Å². The number of aromatic nitrogens is 1. The maximum absolute atomic E-state index is 12.7. The van der Waals surface area contributed by atoms with Gasteiger partial charge in [-0.15, -0.1) is 11.3 Å². The van der Waals surface area contributed by atoms with Crippen LogP contribution in [0.4, 0.5) is 0 Å². The summed E-state index contributed by atoms with van der Waals surface area (Å²) in [5.41, 5.74) is 3.83. The maximum atomic E-state index is 12.7. The zero-order valence-electron chi connectivity index (χ0n) is 13.4. The molecule has 0 atom stereocenters. The van der Waals surface area contributed by atoms with Gasteiger partial charge in [0.15, 0.2) is 0 Å². The van der Waals surface area contributed by atoms with E-state index in [2.05, 4.69) is 10.6 Å². The van der Waals surface area contributed by atoms with Crippen LogP contribution in [0, 0.1) is 0 Å². The lowest BCUT2D eigenvalue weighted by molar-refractivity contribution is 0.0705. The highest BCUT2D eigenvalue weighted by molar-refractivity contribution is 7.99. The van der Waals surface area contributed by atoms with Gasteiger partial charge in [0.25, 0.3) is 11.8 Å². The Morgan fingerprint density at radius 3 is 2.72 bits per heavy atom. The normalized spacial score (nSPS) is 14.0. The summed E-state index contributed by atoms with van der Waals surface area (Å²) in [7, 11) is 1.82. The molecule has 1 aromatic carbocycles. The zero-order chi connectivity index (χ0) is 17.6. The Morgan fingerprint density at radius 1 is 1.24 bits per heavy atom. The van der Waals surface area contributed by atoms with Gasteiger partial charge in [0.05, 0.1) is 15.1 Å². The Hall–Kier alpha value is -2.29. The van der Waals surface area contributed by atoms with E-state index in [1.807, 2.05) is 24.6 Å². The van der Waals surface area contributed by atoms with E-state index < -0.39 is 5.91 Å². The highest BCUT2D eigenvalue weighted by Crippen LogP contribution is 2.42. The molecule has 0 radical (unpaired) electrons. The first-order valence-corrected chi connectivity index (χ1v) is 9.37. The molecule has 2 N–H and O–H groups in total. The molecule has 0 aliphatic carbocycles. The van der Waals surface area contributed by atoms with E-state index >= 15 is 0 Å². The lowest BCUT2D eigenvalue weighted by Crippen LogP contribution is -2.37. The van der Waals surface area contributed by atoms with Crippen molar-refractivity contribution < 1.29 is 14.8 Å². The predicted molar refractivity (Wildman–Crippen MR) is 96.6 cm³/mol. The van der Waals surface area contributed by atoms with E-state index in [9.17, 15) is 9.59 Å². The van der Waals surface area contributed by atoms with Gasteiger partial charge in [0.2, 0.25) is 0 Å². The molecule has 0 bridgehead atoms. The third-order valence-electron chi connectivity index (χ3n) is 4.27. The van der Waals surface area contributed by atoms with Gasteiger partial charge in [-0.05, 0) is 35.7 Å². The summed E-state index contributed by atoms with van der Waals surface area (Å²) >= 11 is 3.16. The third kappa shape index (κ3) is 2.62. The molecule has 0 saturated carbocycles. The number of thiophene rings is 1. The number of hydrogen-bond acceptors (Lipinski definition) is 5. The lowest BCUT2D eigenvalue weighted by Gasteiger charge is -2.25. The van der Waals surface area contributed by atoms with E-state index in [0.717, 1.165) is 32.2 Å². The molecule has 0 saturated heterocycles. The highest BCUT2D eigenvalue weighted by atomic mass is 32.2.